The van der Waals surface area contributed by atoms with E-state index < -0.39 is 0 Å². The lowest BCUT2D eigenvalue weighted by molar-refractivity contribution is 0.874. The maximum Gasteiger partial charge on any atom is 0.0660 e. The van der Waals surface area contributed by atoms with Gasteiger partial charge in [-0.25, -0.2) is 0 Å². The molecule has 92 valence electrons. The summed E-state index contributed by atoms with van der Waals surface area (Å²) in [6.07, 6.45) is 0. The van der Waals surface area contributed by atoms with Gasteiger partial charge in [-0.15, -0.1) is 35.6 Å². The van der Waals surface area contributed by atoms with E-state index in [-0.39, 0.29) is 12.4 Å². The Balaban J connectivity index is 0.00000225. The van der Waals surface area contributed by atoms with Gasteiger partial charge in [-0.1, -0.05) is 11.6 Å². The molecule has 0 unspecified atom stereocenters. The molecule has 1 aromatic carbocycles. The summed E-state index contributed by atoms with van der Waals surface area (Å²) in [4.78, 5) is 2.04. The fourth-order valence-electron chi connectivity index (χ4n) is 1.34. The predicted octanol–water partition coefficient (Wildman–Crippen LogP) is 3.63. The molecule has 0 aliphatic rings. The second-order valence-electron chi connectivity index (χ2n) is 3.08. The minimum atomic E-state index is 0. The van der Waals surface area contributed by atoms with Gasteiger partial charge < -0.3 is 10.6 Å². The van der Waals surface area contributed by atoms with Crippen LogP contribution in [0.15, 0.2) is 18.2 Å². The summed E-state index contributed by atoms with van der Waals surface area (Å²) in [5, 5.41) is 0.630. The van der Waals surface area contributed by atoms with Crippen molar-refractivity contribution in [1.82, 2.24) is 0 Å². The fraction of sp³-hybridized carbons (Fsp3) is 0.400. The number of alkyl halides is 2. The molecule has 0 amide bonds. The molecule has 0 saturated carbocycles. The van der Waals surface area contributed by atoms with Crippen molar-refractivity contribution < 1.29 is 0 Å². The molecule has 0 aromatic heterocycles. The second kappa shape index (κ2) is 8.13. The summed E-state index contributed by atoms with van der Waals surface area (Å²) < 4.78 is 0. The van der Waals surface area contributed by atoms with E-state index in [0.717, 1.165) is 18.8 Å². The van der Waals surface area contributed by atoms with Gasteiger partial charge in [0.1, 0.15) is 0 Å². The number of benzene rings is 1. The fourth-order valence-corrected chi connectivity index (χ4v) is 2.05. The largest absolute Gasteiger partial charge is 0.399 e. The van der Waals surface area contributed by atoms with E-state index in [1.165, 1.54) is 0 Å². The van der Waals surface area contributed by atoms with Gasteiger partial charge in [-0.05, 0) is 18.2 Å². The van der Waals surface area contributed by atoms with Crippen LogP contribution < -0.4 is 10.6 Å². The van der Waals surface area contributed by atoms with Crippen LogP contribution in [0, 0.1) is 0 Å². The molecule has 2 nitrogen and oxygen atoms in total. The van der Waals surface area contributed by atoms with Crippen molar-refractivity contribution in [3.63, 3.8) is 0 Å². The highest BCUT2D eigenvalue weighted by Gasteiger charge is 2.09. The third kappa shape index (κ3) is 4.46. The smallest absolute Gasteiger partial charge is 0.0660 e. The van der Waals surface area contributed by atoms with Crippen LogP contribution in [0.25, 0.3) is 0 Å². The zero-order valence-electron chi connectivity index (χ0n) is 8.63. The van der Waals surface area contributed by atoms with E-state index in [0.29, 0.717) is 22.5 Å². The normalized spacial score (nSPS) is 9.69. The van der Waals surface area contributed by atoms with Crippen molar-refractivity contribution in [1.29, 1.82) is 0 Å². The quantitative estimate of drug-likeness (QED) is 0.665. The predicted molar refractivity (Wildman–Crippen MR) is 76.8 cm³/mol. The molecule has 16 heavy (non-hydrogen) atoms. The molecule has 0 bridgehead atoms. The first-order chi connectivity index (χ1) is 7.19. The number of rotatable bonds is 5. The van der Waals surface area contributed by atoms with Crippen LogP contribution in [0.3, 0.4) is 0 Å². The summed E-state index contributed by atoms with van der Waals surface area (Å²) >= 11 is 17.5. The number of hydrogen-bond donors (Lipinski definition) is 1. The molecule has 0 heterocycles. The number of nitrogens with zero attached hydrogens (tertiary/aromatic N) is 1. The number of nitrogen functional groups attached to an aromatic ring is 1. The maximum absolute atomic E-state index is 6.09. The van der Waals surface area contributed by atoms with Crippen LogP contribution in [0.2, 0.25) is 5.02 Å². The lowest BCUT2D eigenvalue weighted by atomic mass is 10.2. The zero-order chi connectivity index (χ0) is 11.3. The highest BCUT2D eigenvalue weighted by atomic mass is 35.5. The number of anilines is 2. The number of halogens is 4. The summed E-state index contributed by atoms with van der Waals surface area (Å²) in [7, 11) is 0. The minimum absolute atomic E-state index is 0. The van der Waals surface area contributed by atoms with Crippen LogP contribution in [0.1, 0.15) is 0 Å². The summed E-state index contributed by atoms with van der Waals surface area (Å²) in [6, 6.07) is 5.43. The molecule has 0 spiro atoms. The Morgan fingerprint density at radius 2 is 1.69 bits per heavy atom. The van der Waals surface area contributed by atoms with Gasteiger partial charge in [0.15, 0.2) is 0 Å². The molecule has 2 N–H and O–H groups in total. The Morgan fingerprint density at radius 1 is 1.12 bits per heavy atom. The van der Waals surface area contributed by atoms with E-state index in [1.54, 1.807) is 6.07 Å². The van der Waals surface area contributed by atoms with Gasteiger partial charge in [0.05, 0.1) is 10.7 Å². The van der Waals surface area contributed by atoms with Crippen LogP contribution in [0.5, 0.6) is 0 Å². The van der Waals surface area contributed by atoms with E-state index >= 15 is 0 Å². The molecule has 0 radical (unpaired) electrons. The van der Waals surface area contributed by atoms with Crippen LogP contribution in [-0.2, 0) is 0 Å². The third-order valence-corrected chi connectivity index (χ3v) is 2.66. The SMILES string of the molecule is Cl.Nc1ccc(N(CCCl)CCCl)c(Cl)c1. The summed E-state index contributed by atoms with van der Waals surface area (Å²) in [5.41, 5.74) is 7.20. The van der Waals surface area contributed by atoms with E-state index in [4.69, 9.17) is 40.5 Å². The van der Waals surface area contributed by atoms with Crippen LogP contribution >= 0.6 is 47.2 Å². The molecule has 6 heteroatoms. The monoisotopic (exact) mass is 302 g/mol. The highest BCUT2D eigenvalue weighted by Crippen LogP contribution is 2.27. The third-order valence-electron chi connectivity index (χ3n) is 2.02. The number of nitrogens with two attached hydrogens (primary N) is 1. The van der Waals surface area contributed by atoms with Gasteiger partial charge in [-0.3, -0.25) is 0 Å². The molecular formula is C10H14Cl4N2. The maximum atomic E-state index is 6.09. The van der Waals surface area contributed by atoms with Gasteiger partial charge in [0.2, 0.25) is 0 Å². The Kier molecular flexibility index (Phi) is 8.12. The van der Waals surface area contributed by atoms with Crippen molar-refractivity contribution in [2.24, 2.45) is 0 Å². The van der Waals surface area contributed by atoms with Crippen molar-refractivity contribution in [2.75, 3.05) is 35.5 Å². The van der Waals surface area contributed by atoms with Gasteiger partial charge >= 0.3 is 0 Å². The lowest BCUT2D eigenvalue weighted by Gasteiger charge is -2.24. The second-order valence-corrected chi connectivity index (χ2v) is 4.24. The first kappa shape index (κ1) is 16.0. The molecular weight excluding hydrogens is 290 g/mol. The van der Waals surface area contributed by atoms with E-state index in [9.17, 15) is 0 Å². The molecule has 1 rings (SSSR count). The average molecular weight is 304 g/mol. The van der Waals surface area contributed by atoms with E-state index in [1.807, 2.05) is 17.0 Å². The molecule has 0 aliphatic carbocycles. The Labute approximate surface area is 117 Å². The molecule has 0 atom stereocenters. The Morgan fingerprint density at radius 3 is 2.12 bits per heavy atom. The van der Waals surface area contributed by atoms with Gasteiger partial charge in [-0.2, -0.15) is 0 Å². The first-order valence-corrected chi connectivity index (χ1v) is 6.05. The van der Waals surface area contributed by atoms with E-state index in [2.05, 4.69) is 0 Å². The first-order valence-electron chi connectivity index (χ1n) is 4.61. The lowest BCUT2D eigenvalue weighted by Crippen LogP contribution is -2.27. The summed E-state index contributed by atoms with van der Waals surface area (Å²) in [5.74, 6) is 1.08. The van der Waals surface area contributed by atoms with Crippen molar-refractivity contribution in [3.8, 4) is 0 Å². The Hall–Kier alpha value is -0.0200. The molecule has 0 fully saturated rings. The standard InChI is InChI=1S/C10H13Cl3N2.ClH/c11-3-5-15(6-4-12)10-2-1-8(14)7-9(10)13;/h1-2,7H,3-6,14H2;1H. The van der Waals surface area contributed by atoms with Gasteiger partial charge in [0, 0.05) is 30.5 Å². The van der Waals surface area contributed by atoms with Crippen molar-refractivity contribution in [3.05, 3.63) is 23.2 Å². The van der Waals surface area contributed by atoms with Crippen LogP contribution in [-0.4, -0.2) is 24.8 Å². The number of hydrogen-bond acceptors (Lipinski definition) is 2. The molecule has 1 aromatic rings. The molecule has 0 aliphatic heterocycles. The topological polar surface area (TPSA) is 29.3 Å². The van der Waals surface area contributed by atoms with Crippen molar-refractivity contribution >= 4 is 58.6 Å². The minimum Gasteiger partial charge on any atom is -0.399 e. The zero-order valence-corrected chi connectivity index (χ0v) is 11.7. The summed E-state index contributed by atoms with van der Waals surface area (Å²) in [6.45, 7) is 1.44. The van der Waals surface area contributed by atoms with Crippen molar-refractivity contribution in [2.45, 2.75) is 0 Å². The van der Waals surface area contributed by atoms with Gasteiger partial charge in [0.25, 0.3) is 0 Å². The molecule has 0 saturated heterocycles. The average Bonchev–Trinajstić information content (AvgIpc) is 2.17. The van der Waals surface area contributed by atoms with Crippen LogP contribution in [0.4, 0.5) is 11.4 Å². The highest BCUT2D eigenvalue weighted by molar-refractivity contribution is 6.33. The Bertz CT molecular complexity index is 314.